The van der Waals surface area contributed by atoms with Gasteiger partial charge < -0.3 is 10.4 Å². The number of nitrogens with zero attached hydrogens (tertiary/aromatic N) is 2. The molecular formula is C12H13N3O. The molecular weight excluding hydrogens is 202 g/mol. The van der Waals surface area contributed by atoms with Crippen LogP contribution < -0.4 is 5.32 Å². The Morgan fingerprint density at radius 1 is 1.25 bits per heavy atom. The van der Waals surface area contributed by atoms with Gasteiger partial charge in [0.25, 0.3) is 0 Å². The molecule has 0 fully saturated rings. The summed E-state index contributed by atoms with van der Waals surface area (Å²) in [6.45, 7) is 2.41. The molecule has 1 aromatic heterocycles. The predicted octanol–water partition coefficient (Wildman–Crippen LogP) is 2.10. The highest BCUT2D eigenvalue weighted by molar-refractivity contribution is 5.32. The summed E-state index contributed by atoms with van der Waals surface area (Å²) >= 11 is 0. The van der Waals surface area contributed by atoms with Crippen LogP contribution in [0.2, 0.25) is 0 Å². The van der Waals surface area contributed by atoms with Crippen molar-refractivity contribution in [2.75, 3.05) is 5.32 Å². The smallest absolute Gasteiger partial charge is 0.223 e. The van der Waals surface area contributed by atoms with E-state index in [9.17, 15) is 5.11 Å². The molecule has 0 saturated heterocycles. The summed E-state index contributed by atoms with van der Waals surface area (Å²) in [7, 11) is 0. The molecule has 0 atom stereocenters. The Bertz CT molecular complexity index is 471. The van der Waals surface area contributed by atoms with Crippen LogP contribution in [-0.4, -0.2) is 15.1 Å². The molecule has 0 spiro atoms. The number of aryl methyl sites for hydroxylation is 1. The molecule has 82 valence electrons. The van der Waals surface area contributed by atoms with Gasteiger partial charge in [-0.3, -0.25) is 0 Å². The minimum atomic E-state index is 0.116. The molecule has 2 N–H and O–H groups in total. The van der Waals surface area contributed by atoms with Gasteiger partial charge in [-0.15, -0.1) is 0 Å². The first-order valence-corrected chi connectivity index (χ1v) is 5.06. The molecule has 4 heteroatoms. The summed E-state index contributed by atoms with van der Waals surface area (Å²) in [6.07, 6.45) is 1.40. The Labute approximate surface area is 94.0 Å². The van der Waals surface area contributed by atoms with Crippen molar-refractivity contribution in [3.05, 3.63) is 47.8 Å². The maximum absolute atomic E-state index is 9.28. The van der Waals surface area contributed by atoms with Crippen LogP contribution in [-0.2, 0) is 6.54 Å². The second-order valence-corrected chi connectivity index (χ2v) is 3.50. The van der Waals surface area contributed by atoms with Crippen molar-refractivity contribution >= 4 is 5.95 Å². The molecule has 0 aliphatic heterocycles. The molecule has 1 heterocycles. The van der Waals surface area contributed by atoms with E-state index in [4.69, 9.17) is 0 Å². The molecule has 0 aliphatic rings. The molecule has 4 nitrogen and oxygen atoms in total. The van der Waals surface area contributed by atoms with Gasteiger partial charge in [0, 0.05) is 6.54 Å². The predicted molar refractivity (Wildman–Crippen MR) is 62.2 cm³/mol. The maximum Gasteiger partial charge on any atom is 0.223 e. The van der Waals surface area contributed by atoms with Crippen LogP contribution >= 0.6 is 0 Å². The topological polar surface area (TPSA) is 58.0 Å². The maximum atomic E-state index is 9.28. The standard InChI is InChI=1S/C12H13N3O/c1-9-11(16)8-14-12(15-9)13-7-10-5-3-2-4-6-10/h2-6,8,16H,7H2,1H3,(H,13,14,15). The fraction of sp³-hybridized carbons (Fsp3) is 0.167. The summed E-state index contributed by atoms with van der Waals surface area (Å²) in [5, 5.41) is 12.4. The monoisotopic (exact) mass is 215 g/mol. The average Bonchev–Trinajstić information content (AvgIpc) is 2.32. The largest absolute Gasteiger partial charge is 0.504 e. The van der Waals surface area contributed by atoms with Gasteiger partial charge in [0.1, 0.15) is 0 Å². The van der Waals surface area contributed by atoms with E-state index in [0.717, 1.165) is 5.56 Å². The van der Waals surface area contributed by atoms with Crippen molar-refractivity contribution in [2.24, 2.45) is 0 Å². The van der Waals surface area contributed by atoms with Gasteiger partial charge in [0.05, 0.1) is 11.9 Å². The van der Waals surface area contributed by atoms with Gasteiger partial charge in [-0.25, -0.2) is 9.97 Å². The highest BCUT2D eigenvalue weighted by atomic mass is 16.3. The van der Waals surface area contributed by atoms with Gasteiger partial charge in [0.2, 0.25) is 5.95 Å². The molecule has 0 bridgehead atoms. The van der Waals surface area contributed by atoms with Crippen molar-refractivity contribution in [3.63, 3.8) is 0 Å². The van der Waals surface area contributed by atoms with Gasteiger partial charge in [-0.05, 0) is 12.5 Å². The Kier molecular flexibility index (Phi) is 3.00. The van der Waals surface area contributed by atoms with E-state index in [1.807, 2.05) is 30.3 Å². The summed E-state index contributed by atoms with van der Waals surface area (Å²) in [4.78, 5) is 8.10. The van der Waals surface area contributed by atoms with E-state index in [0.29, 0.717) is 18.2 Å². The van der Waals surface area contributed by atoms with Crippen molar-refractivity contribution in [2.45, 2.75) is 13.5 Å². The van der Waals surface area contributed by atoms with E-state index < -0.39 is 0 Å². The molecule has 0 aliphatic carbocycles. The lowest BCUT2D eigenvalue weighted by Crippen LogP contribution is -2.03. The van der Waals surface area contributed by atoms with Crippen LogP contribution in [0.5, 0.6) is 5.75 Å². The number of rotatable bonds is 3. The van der Waals surface area contributed by atoms with Crippen LogP contribution in [0.4, 0.5) is 5.95 Å². The lowest BCUT2D eigenvalue weighted by Gasteiger charge is -2.05. The molecule has 2 rings (SSSR count). The number of hydrogen-bond donors (Lipinski definition) is 2. The van der Waals surface area contributed by atoms with Crippen molar-refractivity contribution < 1.29 is 5.11 Å². The van der Waals surface area contributed by atoms with Crippen LogP contribution in [0.3, 0.4) is 0 Å². The lowest BCUT2D eigenvalue weighted by atomic mass is 10.2. The summed E-state index contributed by atoms with van der Waals surface area (Å²) in [5.74, 6) is 0.643. The number of hydrogen-bond acceptors (Lipinski definition) is 4. The number of aromatic nitrogens is 2. The molecule has 0 unspecified atom stereocenters. The van der Waals surface area contributed by atoms with E-state index in [2.05, 4.69) is 15.3 Å². The lowest BCUT2D eigenvalue weighted by molar-refractivity contribution is 0.464. The minimum absolute atomic E-state index is 0.116. The van der Waals surface area contributed by atoms with Crippen LogP contribution in [0.25, 0.3) is 0 Å². The van der Waals surface area contributed by atoms with E-state index in [-0.39, 0.29) is 5.75 Å². The van der Waals surface area contributed by atoms with E-state index in [1.54, 1.807) is 6.92 Å². The molecule has 2 aromatic rings. The summed E-state index contributed by atoms with van der Waals surface area (Å²) < 4.78 is 0. The molecule has 16 heavy (non-hydrogen) atoms. The minimum Gasteiger partial charge on any atom is -0.504 e. The number of anilines is 1. The van der Waals surface area contributed by atoms with Gasteiger partial charge >= 0.3 is 0 Å². The Hall–Kier alpha value is -2.10. The SMILES string of the molecule is Cc1nc(NCc2ccccc2)ncc1O. The van der Waals surface area contributed by atoms with Crippen molar-refractivity contribution in [3.8, 4) is 5.75 Å². The third kappa shape index (κ3) is 2.48. The Balaban J connectivity index is 2.03. The Morgan fingerprint density at radius 3 is 2.69 bits per heavy atom. The van der Waals surface area contributed by atoms with Crippen molar-refractivity contribution in [1.29, 1.82) is 0 Å². The number of nitrogens with one attached hydrogen (secondary N) is 1. The van der Waals surface area contributed by atoms with Gasteiger partial charge in [-0.2, -0.15) is 0 Å². The van der Waals surface area contributed by atoms with Gasteiger partial charge in [-0.1, -0.05) is 30.3 Å². The van der Waals surface area contributed by atoms with Crippen molar-refractivity contribution in [1.82, 2.24) is 9.97 Å². The zero-order valence-corrected chi connectivity index (χ0v) is 9.01. The highest BCUT2D eigenvalue weighted by Gasteiger charge is 2.00. The second kappa shape index (κ2) is 4.61. The average molecular weight is 215 g/mol. The fourth-order valence-electron chi connectivity index (χ4n) is 1.32. The van der Waals surface area contributed by atoms with Crippen LogP contribution in [0, 0.1) is 6.92 Å². The quantitative estimate of drug-likeness (QED) is 0.823. The summed E-state index contributed by atoms with van der Waals surface area (Å²) in [5.41, 5.74) is 1.74. The van der Waals surface area contributed by atoms with Crippen LogP contribution in [0.15, 0.2) is 36.5 Å². The van der Waals surface area contributed by atoms with E-state index in [1.165, 1.54) is 6.20 Å². The molecule has 0 amide bonds. The molecule has 1 aromatic carbocycles. The molecule has 0 saturated carbocycles. The zero-order valence-electron chi connectivity index (χ0n) is 9.01. The van der Waals surface area contributed by atoms with E-state index >= 15 is 0 Å². The first kappa shape index (κ1) is 10.4. The first-order chi connectivity index (χ1) is 7.75. The fourth-order valence-corrected chi connectivity index (χ4v) is 1.32. The second-order valence-electron chi connectivity index (χ2n) is 3.50. The third-order valence-electron chi connectivity index (χ3n) is 2.25. The van der Waals surface area contributed by atoms with Gasteiger partial charge in [0.15, 0.2) is 5.75 Å². The number of benzene rings is 1. The normalized spacial score (nSPS) is 10.1. The third-order valence-corrected chi connectivity index (χ3v) is 2.25. The highest BCUT2D eigenvalue weighted by Crippen LogP contribution is 2.13. The number of aromatic hydroxyl groups is 1. The Morgan fingerprint density at radius 2 is 2.00 bits per heavy atom. The van der Waals surface area contributed by atoms with Crippen LogP contribution in [0.1, 0.15) is 11.3 Å². The first-order valence-electron chi connectivity index (χ1n) is 5.06. The summed E-state index contributed by atoms with van der Waals surface area (Å²) in [6, 6.07) is 10.0. The zero-order chi connectivity index (χ0) is 11.4. The molecule has 0 radical (unpaired) electrons.